The van der Waals surface area contributed by atoms with Gasteiger partial charge >= 0.3 is 0 Å². The smallest absolute Gasteiger partial charge is 0.154 e. The molecule has 1 unspecified atom stereocenters. The van der Waals surface area contributed by atoms with Crippen LogP contribution in [0.25, 0.3) is 0 Å². The molecule has 0 aromatic heterocycles. The molecule has 0 aromatic rings. The van der Waals surface area contributed by atoms with Crippen LogP contribution in [0.3, 0.4) is 0 Å². The van der Waals surface area contributed by atoms with E-state index in [4.69, 9.17) is 4.74 Å². The lowest BCUT2D eigenvalue weighted by atomic mass is 10.4. The largest absolute Gasteiger partial charge is 0.383 e. The average Bonchev–Trinajstić information content (AvgIpc) is 2.71. The Morgan fingerprint density at radius 2 is 2.00 bits per heavy atom. The Hall–Kier alpha value is -0.130. The van der Waals surface area contributed by atoms with Crippen LogP contribution in [-0.2, 0) is 14.6 Å². The Kier molecular flexibility index (Phi) is 5.72. The third kappa shape index (κ3) is 4.39. The molecule has 0 amide bonds. The second-order valence-electron chi connectivity index (χ2n) is 4.58. The summed E-state index contributed by atoms with van der Waals surface area (Å²) in [5.41, 5.74) is 0. The lowest BCUT2D eigenvalue weighted by Gasteiger charge is -2.14. The van der Waals surface area contributed by atoms with Crippen molar-refractivity contribution >= 4 is 9.84 Å². The normalized spacial score (nSPS) is 20.1. The molecule has 0 saturated heterocycles. The number of methoxy groups -OCH3 is 1. The number of hydrogen-bond acceptors (Lipinski definition) is 4. The van der Waals surface area contributed by atoms with Crippen molar-refractivity contribution in [3.63, 3.8) is 0 Å². The molecular weight excluding hydrogens is 226 g/mol. The lowest BCUT2D eigenvalue weighted by Crippen LogP contribution is -2.35. The Bertz CT molecular complexity index is 284. The van der Waals surface area contributed by atoms with Crippen LogP contribution in [0.2, 0.25) is 0 Å². The molecule has 1 atom stereocenters. The van der Waals surface area contributed by atoms with Gasteiger partial charge in [0.1, 0.15) is 0 Å². The van der Waals surface area contributed by atoms with Gasteiger partial charge in [-0.25, -0.2) is 8.42 Å². The minimum atomic E-state index is -2.87. The fourth-order valence-electron chi connectivity index (χ4n) is 2.17. The van der Waals surface area contributed by atoms with E-state index in [0.29, 0.717) is 13.2 Å². The molecule has 96 valence electrons. The van der Waals surface area contributed by atoms with Crippen LogP contribution >= 0.6 is 0 Å². The van der Waals surface area contributed by atoms with Crippen LogP contribution in [0.4, 0.5) is 0 Å². The van der Waals surface area contributed by atoms with E-state index in [2.05, 4.69) is 5.32 Å². The topological polar surface area (TPSA) is 55.4 Å². The fraction of sp³-hybridized carbons (Fsp3) is 1.00. The first-order valence-electron chi connectivity index (χ1n) is 6.00. The van der Waals surface area contributed by atoms with E-state index < -0.39 is 9.84 Å². The molecule has 1 aliphatic rings. The van der Waals surface area contributed by atoms with Crippen LogP contribution in [0.15, 0.2) is 0 Å². The van der Waals surface area contributed by atoms with Gasteiger partial charge in [0.05, 0.1) is 17.6 Å². The van der Waals surface area contributed by atoms with Gasteiger partial charge in [-0.2, -0.15) is 0 Å². The van der Waals surface area contributed by atoms with Crippen LogP contribution in [-0.4, -0.2) is 45.7 Å². The Labute approximate surface area is 98.7 Å². The predicted molar refractivity (Wildman–Crippen MR) is 65.4 cm³/mol. The molecule has 16 heavy (non-hydrogen) atoms. The maximum atomic E-state index is 11.9. The highest BCUT2D eigenvalue weighted by Gasteiger charge is 2.27. The van der Waals surface area contributed by atoms with Gasteiger partial charge in [0.25, 0.3) is 0 Å². The highest BCUT2D eigenvalue weighted by atomic mass is 32.2. The van der Waals surface area contributed by atoms with E-state index >= 15 is 0 Å². The molecule has 0 bridgehead atoms. The van der Waals surface area contributed by atoms with Crippen molar-refractivity contribution in [1.29, 1.82) is 0 Å². The summed E-state index contributed by atoms with van der Waals surface area (Å²) in [5, 5.41) is 3.08. The molecule has 0 radical (unpaired) electrons. The average molecular weight is 249 g/mol. The molecule has 1 fully saturated rings. The van der Waals surface area contributed by atoms with Gasteiger partial charge in [-0.15, -0.1) is 0 Å². The van der Waals surface area contributed by atoms with Gasteiger partial charge < -0.3 is 10.1 Å². The zero-order chi connectivity index (χ0) is 12.0. The molecule has 5 heteroatoms. The van der Waals surface area contributed by atoms with Crippen LogP contribution in [0, 0.1) is 0 Å². The molecule has 1 N–H and O–H groups in total. The number of hydrogen-bond donors (Lipinski definition) is 1. The first kappa shape index (κ1) is 13.9. The summed E-state index contributed by atoms with van der Waals surface area (Å²) in [6.45, 7) is 3.14. The third-order valence-corrected chi connectivity index (χ3v) is 5.37. The first-order valence-corrected chi connectivity index (χ1v) is 7.71. The zero-order valence-corrected chi connectivity index (χ0v) is 11.1. The Morgan fingerprint density at radius 3 is 2.56 bits per heavy atom. The fourth-order valence-corrected chi connectivity index (χ4v) is 3.96. The van der Waals surface area contributed by atoms with E-state index in [-0.39, 0.29) is 17.0 Å². The van der Waals surface area contributed by atoms with Crippen molar-refractivity contribution < 1.29 is 13.2 Å². The van der Waals surface area contributed by atoms with Crippen molar-refractivity contribution in [3.05, 3.63) is 0 Å². The van der Waals surface area contributed by atoms with Gasteiger partial charge in [-0.3, -0.25) is 0 Å². The Morgan fingerprint density at radius 1 is 1.38 bits per heavy atom. The van der Waals surface area contributed by atoms with Crippen LogP contribution < -0.4 is 5.32 Å². The monoisotopic (exact) mass is 249 g/mol. The summed E-state index contributed by atoms with van der Waals surface area (Å²) in [7, 11) is -1.23. The molecule has 0 aromatic carbocycles. The van der Waals surface area contributed by atoms with Crippen molar-refractivity contribution in [3.8, 4) is 0 Å². The van der Waals surface area contributed by atoms with Gasteiger partial charge in [-0.05, 0) is 19.8 Å². The summed E-state index contributed by atoms with van der Waals surface area (Å²) in [4.78, 5) is 0. The molecule has 0 aliphatic heterocycles. The first-order chi connectivity index (χ1) is 7.56. The van der Waals surface area contributed by atoms with E-state index in [9.17, 15) is 8.42 Å². The Balaban J connectivity index is 2.25. The van der Waals surface area contributed by atoms with Crippen LogP contribution in [0.1, 0.15) is 32.6 Å². The predicted octanol–water partition coefficient (Wildman–Crippen LogP) is 0.968. The van der Waals surface area contributed by atoms with E-state index in [1.807, 2.05) is 6.92 Å². The summed E-state index contributed by atoms with van der Waals surface area (Å²) in [5.74, 6) is 0.256. The molecule has 0 heterocycles. The second kappa shape index (κ2) is 6.57. The number of nitrogens with one attached hydrogen (secondary N) is 1. The summed E-state index contributed by atoms with van der Waals surface area (Å²) in [6, 6.07) is 0.212. The maximum absolute atomic E-state index is 11.9. The maximum Gasteiger partial charge on any atom is 0.154 e. The molecule has 1 rings (SSSR count). The molecular formula is C11H23NO3S. The van der Waals surface area contributed by atoms with Gasteiger partial charge in [0.2, 0.25) is 0 Å². The number of sulfone groups is 1. The van der Waals surface area contributed by atoms with Crippen molar-refractivity contribution in [2.75, 3.05) is 26.0 Å². The van der Waals surface area contributed by atoms with Gasteiger partial charge in [0.15, 0.2) is 9.84 Å². The standard InChI is InChI=1S/C11H23NO3S/c1-10(9-15-2)12-7-8-16(13,14)11-5-3-4-6-11/h10-12H,3-9H2,1-2H3. The minimum absolute atomic E-state index is 0.0768. The molecule has 1 aliphatic carbocycles. The number of rotatable bonds is 7. The highest BCUT2D eigenvalue weighted by molar-refractivity contribution is 7.92. The van der Waals surface area contributed by atoms with Crippen molar-refractivity contribution in [1.82, 2.24) is 5.32 Å². The van der Waals surface area contributed by atoms with Crippen molar-refractivity contribution in [2.45, 2.75) is 43.9 Å². The van der Waals surface area contributed by atoms with E-state index in [0.717, 1.165) is 25.7 Å². The van der Waals surface area contributed by atoms with Gasteiger partial charge in [-0.1, -0.05) is 12.8 Å². The zero-order valence-electron chi connectivity index (χ0n) is 10.2. The molecule has 1 saturated carbocycles. The third-order valence-electron chi connectivity index (χ3n) is 3.11. The van der Waals surface area contributed by atoms with Crippen molar-refractivity contribution in [2.24, 2.45) is 0 Å². The lowest BCUT2D eigenvalue weighted by molar-refractivity contribution is 0.173. The number of ether oxygens (including phenoxy) is 1. The SMILES string of the molecule is COCC(C)NCCS(=O)(=O)C1CCCC1. The van der Waals surface area contributed by atoms with Gasteiger partial charge in [0, 0.05) is 19.7 Å². The van der Waals surface area contributed by atoms with E-state index in [1.54, 1.807) is 7.11 Å². The second-order valence-corrected chi connectivity index (χ2v) is 6.98. The van der Waals surface area contributed by atoms with Crippen LogP contribution in [0.5, 0.6) is 0 Å². The molecule has 0 spiro atoms. The molecule has 4 nitrogen and oxygen atoms in total. The van der Waals surface area contributed by atoms with E-state index in [1.165, 1.54) is 0 Å². The summed E-state index contributed by atoms with van der Waals surface area (Å²) < 4.78 is 28.8. The quantitative estimate of drug-likeness (QED) is 0.730. The minimum Gasteiger partial charge on any atom is -0.383 e. The highest BCUT2D eigenvalue weighted by Crippen LogP contribution is 2.24. The summed E-state index contributed by atoms with van der Waals surface area (Å²) >= 11 is 0. The summed E-state index contributed by atoms with van der Waals surface area (Å²) in [6.07, 6.45) is 3.85.